The van der Waals surface area contributed by atoms with Gasteiger partial charge < -0.3 is 11.1 Å². The molecule has 10 heavy (non-hydrogen) atoms. The third-order valence-corrected chi connectivity index (χ3v) is 1.46. The van der Waals surface area contributed by atoms with E-state index in [4.69, 9.17) is 5.73 Å². The third-order valence-electron chi connectivity index (χ3n) is 1.04. The zero-order valence-corrected chi connectivity index (χ0v) is 7.65. The Balaban J connectivity index is 3.22. The number of hydrogen-bond donors (Lipinski definition) is 2. The highest BCUT2D eigenvalue weighted by atomic mass is 79.9. The standard InChI is InChI=1S/C6H13BrN2O/c1-5(7)6(10)9-4-2-3-8/h5H,2-4,8H2,1H3,(H,9,10)/t5-/m0/s1. The highest BCUT2D eigenvalue weighted by molar-refractivity contribution is 9.10. The minimum absolute atomic E-state index is 0.0217. The van der Waals surface area contributed by atoms with Crippen molar-refractivity contribution in [2.75, 3.05) is 13.1 Å². The van der Waals surface area contributed by atoms with Crippen LogP contribution in [0.4, 0.5) is 0 Å². The van der Waals surface area contributed by atoms with Gasteiger partial charge in [-0.25, -0.2) is 0 Å². The van der Waals surface area contributed by atoms with Crippen molar-refractivity contribution in [3.63, 3.8) is 0 Å². The van der Waals surface area contributed by atoms with E-state index in [9.17, 15) is 4.79 Å². The maximum Gasteiger partial charge on any atom is 0.233 e. The summed E-state index contributed by atoms with van der Waals surface area (Å²) >= 11 is 3.15. The van der Waals surface area contributed by atoms with Crippen LogP contribution in [-0.4, -0.2) is 23.8 Å². The molecule has 0 radical (unpaired) electrons. The lowest BCUT2D eigenvalue weighted by molar-refractivity contribution is -0.120. The number of amides is 1. The van der Waals surface area contributed by atoms with Gasteiger partial charge in [0.2, 0.25) is 5.91 Å². The zero-order chi connectivity index (χ0) is 7.98. The Bertz CT molecular complexity index is 106. The van der Waals surface area contributed by atoms with Crippen LogP contribution < -0.4 is 11.1 Å². The molecule has 0 unspecified atom stereocenters. The smallest absolute Gasteiger partial charge is 0.233 e. The van der Waals surface area contributed by atoms with E-state index in [1.54, 1.807) is 6.92 Å². The summed E-state index contributed by atoms with van der Waals surface area (Å²) < 4.78 is 0. The van der Waals surface area contributed by atoms with Gasteiger partial charge in [0.25, 0.3) is 0 Å². The lowest BCUT2D eigenvalue weighted by atomic mass is 10.4. The molecular weight excluding hydrogens is 196 g/mol. The fraction of sp³-hybridized carbons (Fsp3) is 0.833. The van der Waals surface area contributed by atoms with Gasteiger partial charge in [-0.2, -0.15) is 0 Å². The van der Waals surface area contributed by atoms with Crippen molar-refractivity contribution >= 4 is 21.8 Å². The van der Waals surface area contributed by atoms with Crippen molar-refractivity contribution in [3.05, 3.63) is 0 Å². The molecule has 0 saturated carbocycles. The SMILES string of the molecule is C[C@H](Br)C(=O)NCCCN. The highest BCUT2D eigenvalue weighted by Crippen LogP contribution is 1.95. The Hall–Kier alpha value is -0.0900. The number of halogens is 1. The molecule has 0 aromatic carbocycles. The average Bonchev–Trinajstić information content (AvgIpc) is 1.88. The highest BCUT2D eigenvalue weighted by Gasteiger charge is 2.05. The summed E-state index contributed by atoms with van der Waals surface area (Å²) in [6.07, 6.45) is 0.839. The van der Waals surface area contributed by atoms with Crippen LogP contribution in [0.15, 0.2) is 0 Å². The maximum atomic E-state index is 10.8. The molecule has 0 bridgehead atoms. The summed E-state index contributed by atoms with van der Waals surface area (Å²) in [6, 6.07) is 0. The first-order chi connectivity index (χ1) is 4.68. The molecule has 4 heteroatoms. The van der Waals surface area contributed by atoms with Crippen molar-refractivity contribution in [3.8, 4) is 0 Å². The second kappa shape index (κ2) is 5.68. The molecule has 0 aromatic heterocycles. The quantitative estimate of drug-likeness (QED) is 0.514. The first kappa shape index (κ1) is 9.91. The fourth-order valence-corrected chi connectivity index (χ4v) is 0.616. The summed E-state index contributed by atoms with van der Waals surface area (Å²) in [6.45, 7) is 3.08. The van der Waals surface area contributed by atoms with Crippen LogP contribution in [0.1, 0.15) is 13.3 Å². The summed E-state index contributed by atoms with van der Waals surface area (Å²) in [5, 5.41) is 2.72. The van der Waals surface area contributed by atoms with Crippen LogP contribution in [-0.2, 0) is 4.79 Å². The minimum Gasteiger partial charge on any atom is -0.355 e. The Morgan fingerprint density at radius 1 is 1.80 bits per heavy atom. The van der Waals surface area contributed by atoms with E-state index in [1.807, 2.05) is 0 Å². The lowest BCUT2D eigenvalue weighted by Gasteiger charge is -2.04. The summed E-state index contributed by atoms with van der Waals surface area (Å²) in [5.74, 6) is 0.0217. The Morgan fingerprint density at radius 2 is 2.40 bits per heavy atom. The number of nitrogens with two attached hydrogens (primary N) is 1. The molecule has 1 amide bonds. The number of carbonyl (C=O) groups excluding carboxylic acids is 1. The van der Waals surface area contributed by atoms with Gasteiger partial charge in [0.1, 0.15) is 0 Å². The molecular formula is C6H13BrN2O. The molecule has 0 aliphatic rings. The molecule has 0 aliphatic heterocycles. The van der Waals surface area contributed by atoms with E-state index >= 15 is 0 Å². The number of rotatable bonds is 4. The predicted molar refractivity (Wildman–Crippen MR) is 45.1 cm³/mol. The van der Waals surface area contributed by atoms with Crippen molar-refractivity contribution in [2.24, 2.45) is 5.73 Å². The molecule has 0 saturated heterocycles. The van der Waals surface area contributed by atoms with Crippen molar-refractivity contribution < 1.29 is 4.79 Å². The van der Waals surface area contributed by atoms with E-state index in [2.05, 4.69) is 21.2 Å². The zero-order valence-electron chi connectivity index (χ0n) is 6.06. The van der Waals surface area contributed by atoms with Crippen molar-refractivity contribution in [2.45, 2.75) is 18.2 Å². The van der Waals surface area contributed by atoms with Gasteiger partial charge in [0.05, 0.1) is 4.83 Å². The van der Waals surface area contributed by atoms with Crippen LogP contribution >= 0.6 is 15.9 Å². The van der Waals surface area contributed by atoms with Crippen LogP contribution in [0.2, 0.25) is 0 Å². The van der Waals surface area contributed by atoms with Crippen LogP contribution in [0.25, 0.3) is 0 Å². The number of nitrogens with one attached hydrogen (secondary N) is 1. The monoisotopic (exact) mass is 208 g/mol. The lowest BCUT2D eigenvalue weighted by Crippen LogP contribution is -2.31. The Morgan fingerprint density at radius 3 is 2.80 bits per heavy atom. The molecule has 1 atom stereocenters. The number of alkyl halides is 1. The third kappa shape index (κ3) is 4.76. The van der Waals surface area contributed by atoms with Crippen molar-refractivity contribution in [1.82, 2.24) is 5.32 Å². The first-order valence-electron chi connectivity index (χ1n) is 3.30. The van der Waals surface area contributed by atoms with Gasteiger partial charge >= 0.3 is 0 Å². The van der Waals surface area contributed by atoms with Gasteiger partial charge in [-0.05, 0) is 19.9 Å². The Kier molecular flexibility index (Phi) is 5.63. The number of carbonyl (C=O) groups is 1. The second-order valence-electron chi connectivity index (χ2n) is 2.05. The topological polar surface area (TPSA) is 55.1 Å². The van der Waals surface area contributed by atoms with Crippen molar-refractivity contribution in [1.29, 1.82) is 0 Å². The average molecular weight is 209 g/mol. The van der Waals surface area contributed by atoms with Gasteiger partial charge in [-0.3, -0.25) is 4.79 Å². The fourth-order valence-electron chi connectivity index (χ4n) is 0.454. The van der Waals surface area contributed by atoms with Gasteiger partial charge in [-0.1, -0.05) is 15.9 Å². The largest absolute Gasteiger partial charge is 0.355 e. The Labute approximate surface area is 69.5 Å². The van der Waals surface area contributed by atoms with Gasteiger partial charge in [0, 0.05) is 6.54 Å². The van der Waals surface area contributed by atoms with E-state index in [-0.39, 0.29) is 10.7 Å². The van der Waals surface area contributed by atoms with Gasteiger partial charge in [0.15, 0.2) is 0 Å². The second-order valence-corrected chi connectivity index (χ2v) is 3.42. The van der Waals surface area contributed by atoms with Crippen LogP contribution in [0.5, 0.6) is 0 Å². The molecule has 0 aromatic rings. The first-order valence-corrected chi connectivity index (χ1v) is 4.22. The normalized spacial score (nSPS) is 12.7. The minimum atomic E-state index is -0.106. The molecule has 3 nitrogen and oxygen atoms in total. The molecule has 0 fully saturated rings. The molecule has 0 aliphatic carbocycles. The summed E-state index contributed by atoms with van der Waals surface area (Å²) in [5.41, 5.74) is 5.23. The van der Waals surface area contributed by atoms with Crippen LogP contribution in [0.3, 0.4) is 0 Å². The maximum absolute atomic E-state index is 10.8. The molecule has 0 heterocycles. The van der Waals surface area contributed by atoms with E-state index in [1.165, 1.54) is 0 Å². The van der Waals surface area contributed by atoms with E-state index < -0.39 is 0 Å². The molecule has 0 rings (SSSR count). The predicted octanol–water partition coefficient (Wildman–Crippen LogP) is 0.235. The molecule has 3 N–H and O–H groups in total. The molecule has 0 spiro atoms. The van der Waals surface area contributed by atoms with Gasteiger partial charge in [-0.15, -0.1) is 0 Å². The number of hydrogen-bond acceptors (Lipinski definition) is 2. The van der Waals surface area contributed by atoms with E-state index in [0.29, 0.717) is 13.1 Å². The summed E-state index contributed by atoms with van der Waals surface area (Å²) in [7, 11) is 0. The molecule has 60 valence electrons. The summed E-state index contributed by atoms with van der Waals surface area (Å²) in [4.78, 5) is 10.7. The van der Waals surface area contributed by atoms with E-state index in [0.717, 1.165) is 6.42 Å². The van der Waals surface area contributed by atoms with Crippen LogP contribution in [0, 0.1) is 0 Å².